The first kappa shape index (κ1) is 18.0. The highest BCUT2D eigenvalue weighted by Gasteiger charge is 2.14. The van der Waals surface area contributed by atoms with Crippen molar-refractivity contribution in [1.29, 1.82) is 0 Å². The van der Waals surface area contributed by atoms with E-state index in [0.717, 1.165) is 24.4 Å². The molecule has 0 aliphatic carbocycles. The van der Waals surface area contributed by atoms with Crippen LogP contribution in [0.15, 0.2) is 22.7 Å². The van der Waals surface area contributed by atoms with Crippen molar-refractivity contribution in [3.63, 3.8) is 0 Å². The third-order valence-corrected chi connectivity index (χ3v) is 3.82. The summed E-state index contributed by atoms with van der Waals surface area (Å²) in [6.07, 6.45) is 1.07. The van der Waals surface area contributed by atoms with Crippen molar-refractivity contribution >= 4 is 41.3 Å². The molecule has 0 atom stereocenters. The lowest BCUT2D eigenvalue weighted by molar-refractivity contribution is 0.0945. The number of nitrogens with one attached hydrogen (secondary N) is 2. The number of amides is 1. The lowest BCUT2D eigenvalue weighted by Gasteiger charge is -2.03. The number of nitrogens with zero attached hydrogens (tertiary/aromatic N) is 1. The Balaban J connectivity index is 0.00000220. The topological polar surface area (TPSA) is 67.2 Å². The number of rotatable bonds is 7. The van der Waals surface area contributed by atoms with Crippen LogP contribution in [-0.2, 0) is 0 Å². The van der Waals surface area contributed by atoms with Crippen LogP contribution < -0.4 is 10.6 Å². The van der Waals surface area contributed by atoms with Crippen molar-refractivity contribution in [1.82, 2.24) is 15.8 Å². The maximum atomic E-state index is 11.8. The van der Waals surface area contributed by atoms with Gasteiger partial charge in [0.05, 0.1) is 9.21 Å². The van der Waals surface area contributed by atoms with Crippen molar-refractivity contribution in [2.45, 2.75) is 13.3 Å². The van der Waals surface area contributed by atoms with Crippen LogP contribution >= 0.6 is 35.3 Å². The van der Waals surface area contributed by atoms with Crippen LogP contribution in [0.3, 0.4) is 0 Å². The molecule has 5 nitrogen and oxygen atoms in total. The molecule has 2 aromatic heterocycles. The Morgan fingerprint density at radius 2 is 2.19 bits per heavy atom. The number of halogens is 2. The zero-order valence-corrected chi connectivity index (χ0v) is 13.9. The SMILES string of the molecule is CCCNCCNC(=O)c1cc(-c2ccc(Cl)s2)on1.Cl. The molecule has 2 rings (SSSR count). The molecule has 0 unspecified atom stereocenters. The fraction of sp³-hybridized carbons (Fsp3) is 0.385. The van der Waals surface area contributed by atoms with E-state index in [-0.39, 0.29) is 24.0 Å². The Labute approximate surface area is 138 Å². The van der Waals surface area contributed by atoms with E-state index in [1.807, 2.05) is 6.07 Å². The summed E-state index contributed by atoms with van der Waals surface area (Å²) in [5.74, 6) is 0.317. The van der Waals surface area contributed by atoms with Crippen LogP contribution in [0, 0.1) is 0 Å². The minimum Gasteiger partial charge on any atom is -0.355 e. The van der Waals surface area contributed by atoms with Gasteiger partial charge in [-0.05, 0) is 25.1 Å². The van der Waals surface area contributed by atoms with Crippen LogP contribution in [0.2, 0.25) is 4.34 Å². The molecule has 0 radical (unpaired) electrons. The molecule has 8 heteroatoms. The Kier molecular flexibility index (Phi) is 7.74. The number of aromatic nitrogens is 1. The largest absolute Gasteiger partial charge is 0.355 e. The Morgan fingerprint density at radius 1 is 1.38 bits per heavy atom. The van der Waals surface area contributed by atoms with Gasteiger partial charge < -0.3 is 15.2 Å². The minimum absolute atomic E-state index is 0. The normalized spacial score (nSPS) is 10.2. The molecule has 0 spiro atoms. The molecule has 0 aliphatic heterocycles. The highest BCUT2D eigenvalue weighted by atomic mass is 35.5. The van der Waals surface area contributed by atoms with Gasteiger partial charge in [0.1, 0.15) is 0 Å². The van der Waals surface area contributed by atoms with E-state index in [9.17, 15) is 4.79 Å². The van der Waals surface area contributed by atoms with Crippen LogP contribution in [0.1, 0.15) is 23.8 Å². The quantitative estimate of drug-likeness (QED) is 0.753. The summed E-state index contributed by atoms with van der Waals surface area (Å²) in [4.78, 5) is 12.7. The molecule has 0 saturated heterocycles. The van der Waals surface area contributed by atoms with E-state index in [4.69, 9.17) is 16.1 Å². The number of thiophene rings is 1. The van der Waals surface area contributed by atoms with Gasteiger partial charge in [0.25, 0.3) is 5.91 Å². The van der Waals surface area contributed by atoms with Gasteiger partial charge in [0.15, 0.2) is 11.5 Å². The zero-order valence-electron chi connectivity index (χ0n) is 11.5. The Hall–Kier alpha value is -1.08. The minimum atomic E-state index is -0.235. The van der Waals surface area contributed by atoms with Crippen molar-refractivity contribution in [3.05, 3.63) is 28.2 Å². The van der Waals surface area contributed by atoms with Gasteiger partial charge in [-0.1, -0.05) is 23.7 Å². The van der Waals surface area contributed by atoms with Crippen LogP contribution in [0.5, 0.6) is 0 Å². The van der Waals surface area contributed by atoms with E-state index < -0.39 is 0 Å². The van der Waals surface area contributed by atoms with Gasteiger partial charge in [-0.3, -0.25) is 4.79 Å². The van der Waals surface area contributed by atoms with Gasteiger partial charge >= 0.3 is 0 Å². The Morgan fingerprint density at radius 3 is 2.86 bits per heavy atom. The van der Waals surface area contributed by atoms with Gasteiger partial charge in [-0.2, -0.15) is 0 Å². The summed E-state index contributed by atoms with van der Waals surface area (Å²) >= 11 is 7.24. The molecule has 0 saturated carbocycles. The average Bonchev–Trinajstić information content (AvgIpc) is 3.06. The molecule has 116 valence electrons. The molecular formula is C13H17Cl2N3O2S. The third-order valence-electron chi connectivity index (χ3n) is 2.57. The Bertz CT molecular complexity index is 571. The number of hydrogen-bond donors (Lipinski definition) is 2. The highest BCUT2D eigenvalue weighted by molar-refractivity contribution is 7.19. The zero-order chi connectivity index (χ0) is 14.4. The number of carbonyl (C=O) groups excluding carboxylic acids is 1. The smallest absolute Gasteiger partial charge is 0.273 e. The molecule has 2 N–H and O–H groups in total. The maximum absolute atomic E-state index is 11.8. The monoisotopic (exact) mass is 349 g/mol. The van der Waals surface area contributed by atoms with E-state index in [1.54, 1.807) is 12.1 Å². The lowest BCUT2D eigenvalue weighted by Crippen LogP contribution is -2.32. The molecule has 0 aromatic carbocycles. The van der Waals surface area contributed by atoms with Crippen molar-refractivity contribution in [2.75, 3.05) is 19.6 Å². The van der Waals surface area contributed by atoms with Gasteiger partial charge in [-0.25, -0.2) is 0 Å². The first-order valence-electron chi connectivity index (χ1n) is 6.42. The number of hydrogen-bond acceptors (Lipinski definition) is 5. The van der Waals surface area contributed by atoms with Crippen LogP contribution in [0.25, 0.3) is 10.6 Å². The molecule has 0 bridgehead atoms. The molecule has 21 heavy (non-hydrogen) atoms. The van der Waals surface area contributed by atoms with Crippen molar-refractivity contribution in [3.8, 4) is 10.6 Å². The second-order valence-corrected chi connectivity index (χ2v) is 5.90. The van der Waals surface area contributed by atoms with E-state index in [2.05, 4.69) is 22.7 Å². The van der Waals surface area contributed by atoms with Crippen LogP contribution in [-0.4, -0.2) is 30.7 Å². The summed E-state index contributed by atoms with van der Waals surface area (Å²) < 4.78 is 5.83. The third kappa shape index (κ3) is 5.32. The summed E-state index contributed by atoms with van der Waals surface area (Å²) in [5.41, 5.74) is 0.278. The summed E-state index contributed by atoms with van der Waals surface area (Å²) in [7, 11) is 0. The molecule has 0 aliphatic rings. The molecule has 2 aromatic rings. The van der Waals surface area contributed by atoms with E-state index in [1.165, 1.54) is 11.3 Å². The second-order valence-electron chi connectivity index (χ2n) is 4.19. The first-order chi connectivity index (χ1) is 9.70. The average molecular weight is 350 g/mol. The predicted octanol–water partition coefficient (Wildman–Crippen LogP) is 3.21. The standard InChI is InChI=1S/C13H16ClN3O2S.ClH/c1-2-5-15-6-7-16-13(18)9-8-10(19-17-9)11-3-4-12(14)20-11;/h3-4,8,15H,2,5-7H2,1H3,(H,16,18);1H. The summed E-state index contributed by atoms with van der Waals surface area (Å²) in [6.45, 7) is 4.35. The van der Waals surface area contributed by atoms with Crippen LogP contribution in [0.4, 0.5) is 0 Å². The van der Waals surface area contributed by atoms with Gasteiger partial charge in [0, 0.05) is 19.2 Å². The maximum Gasteiger partial charge on any atom is 0.273 e. The summed E-state index contributed by atoms with van der Waals surface area (Å²) in [6, 6.07) is 5.24. The van der Waals surface area contributed by atoms with Crippen molar-refractivity contribution < 1.29 is 9.32 Å². The summed E-state index contributed by atoms with van der Waals surface area (Å²) in [5, 5.41) is 9.76. The molecular weight excluding hydrogens is 333 g/mol. The fourth-order valence-corrected chi connectivity index (χ4v) is 2.59. The predicted molar refractivity (Wildman–Crippen MR) is 87.6 cm³/mol. The molecule has 2 heterocycles. The first-order valence-corrected chi connectivity index (χ1v) is 7.61. The molecule has 0 fully saturated rings. The number of carbonyl (C=O) groups is 1. The lowest BCUT2D eigenvalue weighted by atomic mass is 10.3. The van der Waals surface area contributed by atoms with Gasteiger partial charge in [0.2, 0.25) is 0 Å². The molecule has 1 amide bonds. The van der Waals surface area contributed by atoms with E-state index >= 15 is 0 Å². The second kappa shape index (κ2) is 9.04. The fourth-order valence-electron chi connectivity index (χ4n) is 1.60. The van der Waals surface area contributed by atoms with Crippen molar-refractivity contribution in [2.24, 2.45) is 0 Å². The van der Waals surface area contributed by atoms with E-state index in [0.29, 0.717) is 16.6 Å². The highest BCUT2D eigenvalue weighted by Crippen LogP contribution is 2.31. The van der Waals surface area contributed by atoms with Gasteiger partial charge in [-0.15, -0.1) is 23.7 Å².